The summed E-state index contributed by atoms with van der Waals surface area (Å²) < 4.78 is 5.07. The number of benzene rings is 1. The number of H-pyrrole nitrogens is 1. The first-order chi connectivity index (χ1) is 12.2. The van der Waals surface area contributed by atoms with E-state index in [4.69, 9.17) is 16.3 Å². The lowest BCUT2D eigenvalue weighted by Crippen LogP contribution is -2.29. The van der Waals surface area contributed by atoms with Gasteiger partial charge < -0.3 is 9.72 Å². The molecule has 0 fully saturated rings. The second-order valence-corrected chi connectivity index (χ2v) is 6.86. The van der Waals surface area contributed by atoms with Crippen molar-refractivity contribution in [2.75, 3.05) is 20.3 Å². The van der Waals surface area contributed by atoms with E-state index in [-0.39, 0.29) is 0 Å². The Balaban J connectivity index is 1.49. The van der Waals surface area contributed by atoms with Gasteiger partial charge in [-0.15, -0.1) is 0 Å². The normalized spacial score (nSPS) is 14.8. The molecule has 1 N–H and O–H groups in total. The van der Waals surface area contributed by atoms with Crippen molar-refractivity contribution in [1.29, 1.82) is 0 Å². The Morgan fingerprint density at radius 2 is 2.12 bits per heavy atom. The molecule has 0 saturated carbocycles. The average Bonchev–Trinajstić information content (AvgIpc) is 3.01. The minimum atomic E-state index is 0.650. The van der Waals surface area contributed by atoms with Crippen molar-refractivity contribution < 1.29 is 4.74 Å². The molecule has 0 bridgehead atoms. The monoisotopic (exact) mass is 356 g/mol. The summed E-state index contributed by atoms with van der Waals surface area (Å²) in [6.07, 6.45) is 5.62. The van der Waals surface area contributed by atoms with Crippen LogP contribution in [0.25, 0.3) is 10.9 Å². The first-order valence-corrected chi connectivity index (χ1v) is 8.91. The lowest BCUT2D eigenvalue weighted by atomic mass is 10.0. The van der Waals surface area contributed by atoms with E-state index in [1.54, 1.807) is 7.11 Å². The van der Waals surface area contributed by atoms with E-state index in [1.165, 1.54) is 16.6 Å². The molecule has 0 unspecified atom stereocenters. The van der Waals surface area contributed by atoms with Crippen LogP contribution in [-0.4, -0.2) is 40.1 Å². The third kappa shape index (κ3) is 3.40. The Labute approximate surface area is 152 Å². The van der Waals surface area contributed by atoms with Crippen LogP contribution in [-0.2, 0) is 30.7 Å². The molecule has 0 spiro atoms. The Morgan fingerprint density at radius 3 is 2.92 bits per heavy atom. The molecule has 25 heavy (non-hydrogen) atoms. The zero-order chi connectivity index (χ0) is 17.2. The molecule has 5 nitrogen and oxygen atoms in total. The number of ether oxygens (including phenoxy) is 1. The molecule has 0 aliphatic carbocycles. The topological polar surface area (TPSA) is 54.0 Å². The van der Waals surface area contributed by atoms with Crippen molar-refractivity contribution in [2.24, 2.45) is 0 Å². The number of nitrogens with zero attached hydrogens (tertiary/aromatic N) is 3. The molecule has 0 atom stereocenters. The van der Waals surface area contributed by atoms with Gasteiger partial charge in [-0.25, -0.2) is 9.97 Å². The molecule has 1 aliphatic heterocycles. The number of methoxy groups -OCH3 is 1. The molecule has 3 heterocycles. The van der Waals surface area contributed by atoms with Gasteiger partial charge in [0.1, 0.15) is 5.82 Å². The van der Waals surface area contributed by atoms with Crippen LogP contribution in [0, 0.1) is 0 Å². The summed E-state index contributed by atoms with van der Waals surface area (Å²) in [6, 6.07) is 6.10. The van der Waals surface area contributed by atoms with Gasteiger partial charge in [-0.05, 0) is 11.6 Å². The summed E-state index contributed by atoms with van der Waals surface area (Å²) >= 11 is 6.32. The maximum Gasteiger partial charge on any atom is 0.130 e. The number of hydrogen-bond acceptors (Lipinski definition) is 4. The molecule has 2 aromatic heterocycles. The van der Waals surface area contributed by atoms with Crippen LogP contribution in [0.2, 0.25) is 5.02 Å². The Bertz CT molecular complexity index is 875. The lowest BCUT2D eigenvalue weighted by molar-refractivity contribution is 0.200. The molecule has 1 aliphatic rings. The second kappa shape index (κ2) is 7.12. The highest BCUT2D eigenvalue weighted by atomic mass is 35.5. The molecule has 4 rings (SSSR count). The van der Waals surface area contributed by atoms with Crippen molar-refractivity contribution >= 4 is 22.5 Å². The van der Waals surface area contributed by atoms with E-state index < -0.39 is 0 Å². The summed E-state index contributed by atoms with van der Waals surface area (Å²) in [7, 11) is 1.69. The van der Waals surface area contributed by atoms with Crippen molar-refractivity contribution in [2.45, 2.75) is 25.9 Å². The van der Waals surface area contributed by atoms with Gasteiger partial charge >= 0.3 is 0 Å². The van der Waals surface area contributed by atoms with Crippen molar-refractivity contribution in [3.63, 3.8) is 0 Å². The van der Waals surface area contributed by atoms with Crippen LogP contribution < -0.4 is 0 Å². The van der Waals surface area contributed by atoms with Gasteiger partial charge in [-0.2, -0.15) is 0 Å². The predicted octanol–water partition coefficient (Wildman–Crippen LogP) is 3.36. The number of rotatable bonds is 5. The zero-order valence-corrected chi connectivity index (χ0v) is 15.0. The first kappa shape index (κ1) is 16.5. The quantitative estimate of drug-likeness (QED) is 0.761. The van der Waals surface area contributed by atoms with Crippen LogP contribution in [0.5, 0.6) is 0 Å². The summed E-state index contributed by atoms with van der Waals surface area (Å²) in [6.45, 7) is 3.44. The van der Waals surface area contributed by atoms with E-state index in [9.17, 15) is 0 Å². The molecule has 0 radical (unpaired) electrons. The smallest absolute Gasteiger partial charge is 0.130 e. The van der Waals surface area contributed by atoms with E-state index in [0.717, 1.165) is 54.4 Å². The summed E-state index contributed by atoms with van der Waals surface area (Å²) in [5.74, 6) is 0.831. The molecular weight excluding hydrogens is 336 g/mol. The van der Waals surface area contributed by atoms with Crippen LogP contribution in [0.15, 0.2) is 30.6 Å². The van der Waals surface area contributed by atoms with E-state index in [2.05, 4.69) is 25.9 Å². The van der Waals surface area contributed by atoms with Crippen LogP contribution in [0.1, 0.15) is 22.6 Å². The average molecular weight is 357 g/mol. The van der Waals surface area contributed by atoms with Crippen LogP contribution in [0.3, 0.4) is 0 Å². The maximum absolute atomic E-state index is 6.32. The summed E-state index contributed by atoms with van der Waals surface area (Å²) in [4.78, 5) is 14.8. The molecule has 6 heteroatoms. The van der Waals surface area contributed by atoms with Crippen molar-refractivity contribution in [1.82, 2.24) is 19.9 Å². The fourth-order valence-electron chi connectivity index (χ4n) is 3.44. The van der Waals surface area contributed by atoms with E-state index in [0.29, 0.717) is 6.61 Å². The van der Waals surface area contributed by atoms with Gasteiger partial charge in [-0.3, -0.25) is 4.90 Å². The summed E-state index contributed by atoms with van der Waals surface area (Å²) in [5, 5.41) is 2.02. The van der Waals surface area contributed by atoms with Gasteiger partial charge in [0.05, 0.1) is 17.1 Å². The minimum Gasteiger partial charge on any atom is -0.384 e. The molecule has 130 valence electrons. The summed E-state index contributed by atoms with van der Waals surface area (Å²) in [5.41, 5.74) is 4.87. The van der Waals surface area contributed by atoms with Crippen LogP contribution >= 0.6 is 11.6 Å². The number of fused-ring (bicyclic) bond motifs is 3. The molecule has 1 aromatic carbocycles. The Hall–Kier alpha value is -1.95. The molecule has 3 aromatic rings. The van der Waals surface area contributed by atoms with E-state index in [1.807, 2.05) is 24.5 Å². The fourth-order valence-corrected chi connectivity index (χ4v) is 3.66. The van der Waals surface area contributed by atoms with Gasteiger partial charge in [0.2, 0.25) is 0 Å². The van der Waals surface area contributed by atoms with Gasteiger partial charge in [0.25, 0.3) is 0 Å². The third-order valence-electron chi connectivity index (χ3n) is 4.73. The van der Waals surface area contributed by atoms with E-state index >= 15 is 0 Å². The second-order valence-electron chi connectivity index (χ2n) is 6.46. The highest BCUT2D eigenvalue weighted by Gasteiger charge is 2.21. The SMILES string of the molecule is COCCc1ncc(CN2CCc3[nH]c4c(Cl)cccc4c3C2)cn1. The van der Waals surface area contributed by atoms with Gasteiger partial charge in [0, 0.05) is 68.6 Å². The number of halogens is 1. The largest absolute Gasteiger partial charge is 0.384 e. The number of nitrogens with one attached hydrogen (secondary N) is 1. The predicted molar refractivity (Wildman–Crippen MR) is 98.7 cm³/mol. The molecular formula is C19H21ClN4O. The number of para-hydroxylation sites is 1. The first-order valence-electron chi connectivity index (χ1n) is 8.53. The lowest BCUT2D eigenvalue weighted by Gasteiger charge is -2.26. The van der Waals surface area contributed by atoms with Gasteiger partial charge in [-0.1, -0.05) is 23.7 Å². The zero-order valence-electron chi connectivity index (χ0n) is 14.3. The third-order valence-corrected chi connectivity index (χ3v) is 5.05. The molecule has 0 saturated heterocycles. The number of aromatic nitrogens is 3. The fraction of sp³-hybridized carbons (Fsp3) is 0.368. The minimum absolute atomic E-state index is 0.650. The number of aromatic amines is 1. The molecule has 0 amide bonds. The highest BCUT2D eigenvalue weighted by Crippen LogP contribution is 2.31. The number of hydrogen-bond donors (Lipinski definition) is 1. The van der Waals surface area contributed by atoms with Gasteiger partial charge in [0.15, 0.2) is 0 Å². The Kier molecular flexibility index (Phi) is 4.70. The van der Waals surface area contributed by atoms with Crippen molar-refractivity contribution in [3.8, 4) is 0 Å². The van der Waals surface area contributed by atoms with Crippen molar-refractivity contribution in [3.05, 3.63) is 58.3 Å². The highest BCUT2D eigenvalue weighted by molar-refractivity contribution is 6.35. The Morgan fingerprint density at radius 1 is 1.28 bits per heavy atom. The standard InChI is InChI=1S/C19H21ClN4O/c1-25-8-6-18-21-9-13(10-22-18)11-24-7-5-17-15(12-24)14-3-2-4-16(20)19(14)23-17/h2-4,9-10,23H,5-8,11-12H2,1H3. The van der Waals surface area contributed by atoms with Crippen LogP contribution in [0.4, 0.5) is 0 Å². The maximum atomic E-state index is 6.32.